The van der Waals surface area contributed by atoms with Gasteiger partial charge in [0.05, 0.1) is 0 Å². The molecule has 0 radical (unpaired) electrons. The second-order valence-corrected chi connectivity index (χ2v) is 8.09. The summed E-state index contributed by atoms with van der Waals surface area (Å²) in [7, 11) is 0. The highest BCUT2D eigenvalue weighted by Gasteiger charge is 2.05. The third kappa shape index (κ3) is 7.49. The van der Waals surface area contributed by atoms with Crippen LogP contribution in [0.1, 0.15) is 49.9 Å². The zero-order chi connectivity index (χ0) is 24.2. The van der Waals surface area contributed by atoms with Crippen LogP contribution in [0.2, 0.25) is 0 Å². The lowest BCUT2D eigenvalue weighted by Gasteiger charge is -2.07. The molecule has 0 unspecified atom stereocenters. The number of aryl methyl sites for hydroxylation is 3. The Kier molecular flexibility index (Phi) is 9.24. The maximum absolute atomic E-state index is 10.6. The van der Waals surface area contributed by atoms with E-state index in [1.165, 1.54) is 5.56 Å². The van der Waals surface area contributed by atoms with Gasteiger partial charge in [-0.25, -0.2) is 0 Å². The maximum Gasteiger partial charge on any atom is 0.165 e. The Labute approximate surface area is 202 Å². The van der Waals surface area contributed by atoms with Crippen LogP contribution in [0.4, 0.5) is 0 Å². The summed E-state index contributed by atoms with van der Waals surface area (Å²) in [5.74, 6) is 0. The van der Waals surface area contributed by atoms with Gasteiger partial charge in [-0.15, -0.1) is 0 Å². The van der Waals surface area contributed by atoms with Gasteiger partial charge in [0.2, 0.25) is 0 Å². The van der Waals surface area contributed by atoms with Crippen molar-refractivity contribution >= 4 is 18.7 Å². The predicted molar refractivity (Wildman–Crippen MR) is 143 cm³/mol. The fourth-order valence-corrected chi connectivity index (χ4v) is 3.60. The van der Waals surface area contributed by atoms with E-state index in [2.05, 4.69) is 22.1 Å². The number of rotatable bonds is 6. The maximum atomic E-state index is 10.6. The van der Waals surface area contributed by atoms with Crippen molar-refractivity contribution in [3.05, 3.63) is 142 Å². The second kappa shape index (κ2) is 12.8. The monoisotopic (exact) mass is 446 g/mol. The number of hydrogen-bond donors (Lipinski definition) is 0. The number of carbonyl (C=O) groups excluding carboxylic acids is 1. The molecule has 0 amide bonds. The smallest absolute Gasteiger partial charge is 0.165 e. The zero-order valence-electron chi connectivity index (χ0n) is 19.9. The van der Waals surface area contributed by atoms with E-state index in [0.717, 1.165) is 39.7 Å². The Balaban J connectivity index is 0.000000248. The van der Waals surface area contributed by atoms with Crippen molar-refractivity contribution in [2.45, 2.75) is 26.9 Å². The normalized spacial score (nSPS) is 11.7. The van der Waals surface area contributed by atoms with Crippen LogP contribution >= 0.6 is 0 Å². The summed E-state index contributed by atoms with van der Waals surface area (Å²) in [4.78, 5) is 19.9. The molecule has 0 bridgehead atoms. The van der Waals surface area contributed by atoms with Crippen molar-refractivity contribution in [1.29, 1.82) is 0 Å². The Hall–Kier alpha value is -4.11. The van der Waals surface area contributed by atoms with E-state index >= 15 is 0 Å². The topological polar surface area (TPSA) is 41.8 Å². The molecule has 0 aliphatic carbocycles. The summed E-state index contributed by atoms with van der Waals surface area (Å²) < 4.78 is 0. The Morgan fingerprint density at radius 3 is 1.44 bits per heavy atom. The van der Waals surface area contributed by atoms with Crippen molar-refractivity contribution in [3.8, 4) is 0 Å². The molecule has 0 N–H and O–H groups in total. The SMILES string of the molecule is C(=NC(N=Cc1ccccc1)c1ccccc1)c1ccccc1.Cc1cc(C)c(C=O)c(C)c1. The summed E-state index contributed by atoms with van der Waals surface area (Å²) in [6.07, 6.45) is 4.43. The van der Waals surface area contributed by atoms with E-state index < -0.39 is 0 Å². The third-order valence-electron chi connectivity index (χ3n) is 5.28. The molecule has 0 heterocycles. The molecule has 0 saturated heterocycles. The summed E-state index contributed by atoms with van der Waals surface area (Å²) in [6.45, 7) is 5.96. The van der Waals surface area contributed by atoms with Gasteiger partial charge in [-0.1, -0.05) is 109 Å². The number of aliphatic imine (C=N–C) groups is 2. The van der Waals surface area contributed by atoms with E-state index in [-0.39, 0.29) is 6.17 Å². The Bertz CT molecular complexity index is 1160. The first-order valence-corrected chi connectivity index (χ1v) is 11.3. The van der Waals surface area contributed by atoms with Gasteiger partial charge >= 0.3 is 0 Å². The van der Waals surface area contributed by atoms with Crippen molar-refractivity contribution in [3.63, 3.8) is 0 Å². The molecular formula is C31H30N2O. The summed E-state index contributed by atoms with van der Waals surface area (Å²) in [6, 6.07) is 34.3. The molecule has 0 aromatic heterocycles. The number of carbonyl (C=O) groups is 1. The number of benzene rings is 4. The molecular weight excluding hydrogens is 416 g/mol. The average Bonchev–Trinajstić information content (AvgIpc) is 2.86. The van der Waals surface area contributed by atoms with Gasteiger partial charge < -0.3 is 0 Å². The number of nitrogens with zero attached hydrogens (tertiary/aromatic N) is 2. The van der Waals surface area contributed by atoms with Crippen LogP contribution in [-0.2, 0) is 0 Å². The predicted octanol–water partition coefficient (Wildman–Crippen LogP) is 7.35. The molecule has 4 aromatic carbocycles. The highest BCUT2D eigenvalue weighted by Crippen LogP contribution is 2.19. The van der Waals surface area contributed by atoms with Gasteiger partial charge in [-0.3, -0.25) is 14.8 Å². The van der Waals surface area contributed by atoms with Crippen LogP contribution in [0.25, 0.3) is 0 Å². The van der Waals surface area contributed by atoms with E-state index in [9.17, 15) is 4.79 Å². The minimum atomic E-state index is -0.239. The molecule has 3 nitrogen and oxygen atoms in total. The van der Waals surface area contributed by atoms with Gasteiger partial charge in [0.1, 0.15) is 0 Å². The molecule has 34 heavy (non-hydrogen) atoms. The van der Waals surface area contributed by atoms with E-state index in [1.807, 2.05) is 124 Å². The van der Waals surface area contributed by atoms with Crippen LogP contribution in [0.5, 0.6) is 0 Å². The lowest BCUT2D eigenvalue weighted by atomic mass is 10.0. The molecule has 4 aromatic rings. The van der Waals surface area contributed by atoms with Crippen molar-refractivity contribution in [1.82, 2.24) is 0 Å². The van der Waals surface area contributed by atoms with Gasteiger partial charge in [0, 0.05) is 18.0 Å². The molecule has 0 spiro atoms. The average molecular weight is 447 g/mol. The summed E-state index contributed by atoms with van der Waals surface area (Å²) >= 11 is 0. The van der Waals surface area contributed by atoms with Gasteiger partial charge in [-0.2, -0.15) is 0 Å². The lowest BCUT2D eigenvalue weighted by molar-refractivity contribution is 0.112. The van der Waals surface area contributed by atoms with E-state index in [0.29, 0.717) is 0 Å². The van der Waals surface area contributed by atoms with Gasteiger partial charge in [-0.05, 0) is 48.6 Å². The molecule has 0 aliphatic heterocycles. The minimum Gasteiger partial charge on any atom is -0.298 e. The molecule has 0 fully saturated rings. The van der Waals surface area contributed by atoms with Crippen molar-refractivity contribution in [2.75, 3.05) is 0 Å². The Morgan fingerprint density at radius 2 is 1.03 bits per heavy atom. The molecule has 170 valence electrons. The van der Waals surface area contributed by atoms with Gasteiger partial charge in [0.15, 0.2) is 12.5 Å². The lowest BCUT2D eigenvalue weighted by Crippen LogP contribution is -1.94. The molecule has 4 rings (SSSR count). The summed E-state index contributed by atoms with van der Waals surface area (Å²) in [5, 5.41) is 0. The minimum absolute atomic E-state index is 0.239. The Morgan fingerprint density at radius 1 is 0.618 bits per heavy atom. The third-order valence-corrected chi connectivity index (χ3v) is 5.28. The number of aldehydes is 1. The van der Waals surface area contributed by atoms with Crippen molar-refractivity contribution in [2.24, 2.45) is 9.98 Å². The highest BCUT2D eigenvalue weighted by atomic mass is 16.1. The molecule has 0 atom stereocenters. The first kappa shape index (κ1) is 24.5. The first-order chi connectivity index (χ1) is 16.6. The van der Waals surface area contributed by atoms with Gasteiger partial charge in [0.25, 0.3) is 0 Å². The zero-order valence-corrected chi connectivity index (χ0v) is 19.9. The molecule has 0 saturated carbocycles. The fraction of sp³-hybridized carbons (Fsp3) is 0.129. The number of hydrogen-bond acceptors (Lipinski definition) is 3. The largest absolute Gasteiger partial charge is 0.298 e. The van der Waals surface area contributed by atoms with Crippen LogP contribution < -0.4 is 0 Å². The van der Waals surface area contributed by atoms with Crippen LogP contribution in [0, 0.1) is 20.8 Å². The highest BCUT2D eigenvalue weighted by molar-refractivity contribution is 5.81. The fourth-order valence-electron chi connectivity index (χ4n) is 3.60. The van der Waals surface area contributed by atoms with E-state index in [4.69, 9.17) is 0 Å². The molecule has 3 heteroatoms. The first-order valence-electron chi connectivity index (χ1n) is 11.3. The summed E-state index contributed by atoms with van der Waals surface area (Å²) in [5.41, 5.74) is 7.40. The van der Waals surface area contributed by atoms with Crippen molar-refractivity contribution < 1.29 is 4.79 Å². The van der Waals surface area contributed by atoms with Crippen LogP contribution in [-0.4, -0.2) is 18.7 Å². The molecule has 0 aliphatic rings. The quantitative estimate of drug-likeness (QED) is 0.225. The van der Waals surface area contributed by atoms with E-state index in [1.54, 1.807) is 0 Å². The van der Waals surface area contributed by atoms with Crippen LogP contribution in [0.3, 0.4) is 0 Å². The standard InChI is InChI=1S/C21H18N2.C10H12O/c1-4-10-18(11-5-1)16-22-21(20-14-8-3-9-15-20)23-17-19-12-6-2-7-13-19;1-7-4-8(2)10(6-11)9(3)5-7/h1-17,21H;4-6H,1-3H3. The second-order valence-electron chi connectivity index (χ2n) is 8.09. The van der Waals surface area contributed by atoms with Crippen LogP contribution in [0.15, 0.2) is 113 Å².